The number of aliphatic hydroxyl groups excluding tert-OH is 2. The van der Waals surface area contributed by atoms with Gasteiger partial charge in [0.1, 0.15) is 5.60 Å². The van der Waals surface area contributed by atoms with Gasteiger partial charge in [-0.3, -0.25) is 4.79 Å². The van der Waals surface area contributed by atoms with Crippen molar-refractivity contribution >= 4 is 5.97 Å². The summed E-state index contributed by atoms with van der Waals surface area (Å²) in [5, 5.41) is 21.3. The first kappa shape index (κ1) is 15.3. The first-order valence-electron chi connectivity index (χ1n) is 8.11. The number of rotatable bonds is 1. The quantitative estimate of drug-likeness (QED) is 0.727. The van der Waals surface area contributed by atoms with Crippen molar-refractivity contribution in [2.24, 2.45) is 28.6 Å². The van der Waals surface area contributed by atoms with E-state index in [0.717, 1.165) is 12.8 Å². The molecule has 1 spiro atoms. The van der Waals surface area contributed by atoms with Crippen LogP contribution in [-0.2, 0) is 9.53 Å². The van der Waals surface area contributed by atoms with E-state index < -0.39 is 11.7 Å². The number of hydrogen-bond donors (Lipinski definition) is 2. The molecule has 3 rings (SSSR count). The van der Waals surface area contributed by atoms with Crippen molar-refractivity contribution in [3.8, 4) is 0 Å². The maximum absolute atomic E-state index is 11.5. The average molecular weight is 296 g/mol. The molecule has 2 N–H and O–H groups in total. The lowest BCUT2D eigenvalue weighted by Gasteiger charge is -2.49. The van der Waals surface area contributed by atoms with E-state index in [9.17, 15) is 15.0 Å². The maximum Gasteiger partial charge on any atom is 0.303 e. The Balaban J connectivity index is 2.06. The van der Waals surface area contributed by atoms with Crippen LogP contribution in [0.5, 0.6) is 0 Å². The average Bonchev–Trinajstić information content (AvgIpc) is 2.70. The number of carbonyl (C=O) groups is 1. The van der Waals surface area contributed by atoms with Crippen LogP contribution in [0.4, 0.5) is 0 Å². The molecule has 0 saturated heterocycles. The lowest BCUT2D eigenvalue weighted by molar-refractivity contribution is -0.183. The molecule has 0 aromatic carbocycles. The number of fused-ring (bicyclic) bond motifs is 1. The third-order valence-electron chi connectivity index (χ3n) is 7.24. The minimum atomic E-state index is -0.602. The van der Waals surface area contributed by atoms with Gasteiger partial charge in [-0.05, 0) is 37.0 Å². The molecule has 4 nitrogen and oxygen atoms in total. The number of esters is 1. The highest BCUT2D eigenvalue weighted by atomic mass is 16.6. The molecule has 0 amide bonds. The van der Waals surface area contributed by atoms with Gasteiger partial charge in [-0.1, -0.05) is 20.8 Å². The second-order valence-corrected chi connectivity index (χ2v) is 8.46. The van der Waals surface area contributed by atoms with Crippen LogP contribution in [0.3, 0.4) is 0 Å². The minimum Gasteiger partial charge on any atom is -0.459 e. The zero-order valence-corrected chi connectivity index (χ0v) is 13.7. The van der Waals surface area contributed by atoms with E-state index in [1.807, 2.05) is 6.92 Å². The molecule has 120 valence electrons. The van der Waals surface area contributed by atoms with Crippen molar-refractivity contribution in [2.75, 3.05) is 0 Å². The highest BCUT2D eigenvalue weighted by Crippen LogP contribution is 2.73. The van der Waals surface area contributed by atoms with Gasteiger partial charge in [0.25, 0.3) is 0 Å². The molecule has 3 aliphatic carbocycles. The lowest BCUT2D eigenvalue weighted by atomic mass is 9.62. The summed E-state index contributed by atoms with van der Waals surface area (Å²) in [5.74, 6) is 0.342. The Morgan fingerprint density at radius 1 is 1.14 bits per heavy atom. The number of carbonyl (C=O) groups excluding carboxylic acids is 1. The third kappa shape index (κ3) is 1.72. The fourth-order valence-electron chi connectivity index (χ4n) is 6.36. The van der Waals surface area contributed by atoms with Gasteiger partial charge in [0.05, 0.1) is 12.2 Å². The second-order valence-electron chi connectivity index (χ2n) is 8.46. The van der Waals surface area contributed by atoms with E-state index in [0.29, 0.717) is 6.42 Å². The first-order valence-corrected chi connectivity index (χ1v) is 8.11. The fourth-order valence-corrected chi connectivity index (χ4v) is 6.36. The van der Waals surface area contributed by atoms with Crippen molar-refractivity contribution in [3.05, 3.63) is 0 Å². The Morgan fingerprint density at radius 2 is 1.76 bits per heavy atom. The van der Waals surface area contributed by atoms with Gasteiger partial charge in [0.2, 0.25) is 0 Å². The van der Waals surface area contributed by atoms with Crippen LogP contribution in [0.15, 0.2) is 0 Å². The Morgan fingerprint density at radius 3 is 2.33 bits per heavy atom. The van der Waals surface area contributed by atoms with Crippen molar-refractivity contribution in [1.82, 2.24) is 0 Å². The standard InChI is InChI=1S/C17H28O4/c1-9-11(19)6-12-15(3,4)13-7-17(9,12)14(20)8-16(13,5)21-10(2)18/h9,11-14,19-20H,6-8H2,1-5H3/t9-,11+,12+,13+,14-,16-,17-/m1/s1. The highest BCUT2D eigenvalue weighted by molar-refractivity contribution is 5.66. The lowest BCUT2D eigenvalue weighted by Crippen LogP contribution is -2.53. The van der Waals surface area contributed by atoms with E-state index in [1.54, 1.807) is 0 Å². The molecular weight excluding hydrogens is 268 g/mol. The fraction of sp³-hybridized carbons (Fsp3) is 0.941. The van der Waals surface area contributed by atoms with E-state index in [4.69, 9.17) is 4.74 Å². The van der Waals surface area contributed by atoms with Crippen LogP contribution in [0.1, 0.15) is 53.9 Å². The second kappa shape index (κ2) is 4.23. The summed E-state index contributed by atoms with van der Waals surface area (Å²) in [6.45, 7) is 9.92. The van der Waals surface area contributed by atoms with Crippen LogP contribution < -0.4 is 0 Å². The number of aliphatic hydroxyl groups is 2. The van der Waals surface area contributed by atoms with Gasteiger partial charge in [0.15, 0.2) is 0 Å². The van der Waals surface area contributed by atoms with E-state index in [2.05, 4.69) is 20.8 Å². The molecule has 0 radical (unpaired) electrons. The van der Waals surface area contributed by atoms with Crippen molar-refractivity contribution in [2.45, 2.75) is 71.7 Å². The van der Waals surface area contributed by atoms with E-state index in [1.165, 1.54) is 6.92 Å². The van der Waals surface area contributed by atoms with E-state index >= 15 is 0 Å². The molecular formula is C17H28O4. The normalized spacial score (nSPS) is 54.3. The Bertz CT molecular complexity index is 473. The molecule has 3 aliphatic rings. The van der Waals surface area contributed by atoms with Gasteiger partial charge in [0, 0.05) is 24.7 Å². The van der Waals surface area contributed by atoms with Crippen molar-refractivity contribution < 1.29 is 19.7 Å². The molecule has 7 atom stereocenters. The number of hydrogen-bond acceptors (Lipinski definition) is 4. The Hall–Kier alpha value is -0.610. The molecule has 0 heterocycles. The summed E-state index contributed by atoms with van der Waals surface area (Å²) in [6.07, 6.45) is 1.22. The van der Waals surface area contributed by atoms with Crippen molar-refractivity contribution in [3.63, 3.8) is 0 Å². The van der Waals surface area contributed by atoms with Crippen molar-refractivity contribution in [1.29, 1.82) is 0 Å². The van der Waals surface area contributed by atoms with Crippen LogP contribution in [-0.4, -0.2) is 34.0 Å². The Labute approximate surface area is 126 Å². The van der Waals surface area contributed by atoms with Crippen LogP contribution in [0.2, 0.25) is 0 Å². The van der Waals surface area contributed by atoms with Crippen LogP contribution in [0, 0.1) is 28.6 Å². The van der Waals surface area contributed by atoms with Gasteiger partial charge in [-0.2, -0.15) is 0 Å². The molecule has 4 heteroatoms. The molecule has 3 fully saturated rings. The summed E-state index contributed by atoms with van der Waals surface area (Å²) < 4.78 is 5.68. The molecule has 2 bridgehead atoms. The Kier molecular flexibility index (Phi) is 3.08. The predicted octanol–water partition coefficient (Wildman–Crippen LogP) is 2.12. The van der Waals surface area contributed by atoms with Gasteiger partial charge >= 0.3 is 5.97 Å². The summed E-state index contributed by atoms with van der Waals surface area (Å²) in [5.41, 5.74) is -0.865. The predicted molar refractivity (Wildman–Crippen MR) is 78.4 cm³/mol. The van der Waals surface area contributed by atoms with E-state index in [-0.39, 0.29) is 40.7 Å². The van der Waals surface area contributed by atoms with Gasteiger partial charge in [-0.25, -0.2) is 0 Å². The largest absolute Gasteiger partial charge is 0.459 e. The van der Waals surface area contributed by atoms with Crippen LogP contribution in [0.25, 0.3) is 0 Å². The summed E-state index contributed by atoms with van der Waals surface area (Å²) in [4.78, 5) is 11.5. The smallest absolute Gasteiger partial charge is 0.303 e. The summed E-state index contributed by atoms with van der Waals surface area (Å²) in [6, 6.07) is 0. The summed E-state index contributed by atoms with van der Waals surface area (Å²) in [7, 11) is 0. The topological polar surface area (TPSA) is 66.8 Å². The van der Waals surface area contributed by atoms with Crippen LogP contribution >= 0.6 is 0 Å². The maximum atomic E-state index is 11.5. The van der Waals surface area contributed by atoms with Gasteiger partial charge < -0.3 is 14.9 Å². The number of ether oxygens (including phenoxy) is 1. The molecule has 3 saturated carbocycles. The molecule has 21 heavy (non-hydrogen) atoms. The molecule has 0 aromatic heterocycles. The first-order chi connectivity index (χ1) is 9.55. The van der Waals surface area contributed by atoms with Gasteiger partial charge in [-0.15, -0.1) is 0 Å². The monoisotopic (exact) mass is 296 g/mol. The highest BCUT2D eigenvalue weighted by Gasteiger charge is 2.73. The SMILES string of the molecule is CC(=O)O[C@]1(C)C[C@@H](O)[C@@]23C[C@H]1C(C)(C)[C@@H]2C[C@H](O)[C@H]3C. The molecule has 0 aromatic rings. The zero-order chi connectivity index (χ0) is 15.8. The zero-order valence-electron chi connectivity index (χ0n) is 13.7. The molecule has 0 aliphatic heterocycles. The molecule has 0 unspecified atom stereocenters. The third-order valence-corrected chi connectivity index (χ3v) is 7.24. The minimum absolute atomic E-state index is 0.0482. The summed E-state index contributed by atoms with van der Waals surface area (Å²) >= 11 is 0.